The second kappa shape index (κ2) is 6.54. The summed E-state index contributed by atoms with van der Waals surface area (Å²) >= 11 is 6.07. The van der Waals surface area contributed by atoms with Crippen molar-refractivity contribution in [2.45, 2.75) is 46.6 Å². The summed E-state index contributed by atoms with van der Waals surface area (Å²) < 4.78 is 5.36. The van der Waals surface area contributed by atoms with Gasteiger partial charge in [0.25, 0.3) is 0 Å². The molecule has 1 aromatic rings. The first-order valence-electron chi connectivity index (χ1n) is 7.67. The number of morpholine rings is 1. The molecule has 7 heteroatoms. The van der Waals surface area contributed by atoms with Crippen LogP contribution in [0.5, 0.6) is 0 Å². The number of halogens is 1. The Balaban J connectivity index is 2.15. The Hall–Kier alpha value is -1.14. The zero-order chi connectivity index (χ0) is 16.4. The van der Waals surface area contributed by atoms with Crippen molar-refractivity contribution in [2.75, 3.05) is 36.5 Å². The monoisotopic (exact) mass is 327 g/mol. The topological polar surface area (TPSA) is 63.2 Å². The lowest BCUT2D eigenvalue weighted by Gasteiger charge is -2.33. The van der Waals surface area contributed by atoms with Crippen molar-refractivity contribution in [3.8, 4) is 0 Å². The van der Waals surface area contributed by atoms with Crippen molar-refractivity contribution in [2.24, 2.45) is 5.41 Å². The predicted molar refractivity (Wildman–Crippen MR) is 89.6 cm³/mol. The quantitative estimate of drug-likeness (QED) is 0.917. The molecule has 1 aromatic heterocycles. The van der Waals surface area contributed by atoms with Crippen LogP contribution in [0.4, 0.5) is 11.9 Å². The summed E-state index contributed by atoms with van der Waals surface area (Å²) in [4.78, 5) is 15.0. The van der Waals surface area contributed by atoms with Gasteiger partial charge in [-0.25, -0.2) is 0 Å². The Kier molecular flexibility index (Phi) is 5.12. The Morgan fingerprint density at radius 1 is 1.09 bits per heavy atom. The zero-order valence-corrected chi connectivity index (χ0v) is 14.9. The highest BCUT2D eigenvalue weighted by Crippen LogP contribution is 2.29. The molecule has 1 aliphatic rings. The lowest BCUT2D eigenvalue weighted by Crippen LogP contribution is -2.39. The van der Waals surface area contributed by atoms with E-state index in [4.69, 9.17) is 16.3 Å². The van der Waals surface area contributed by atoms with E-state index in [2.05, 4.69) is 59.8 Å². The molecule has 1 saturated heterocycles. The van der Waals surface area contributed by atoms with E-state index in [1.165, 1.54) is 0 Å². The van der Waals surface area contributed by atoms with Gasteiger partial charge in [-0.2, -0.15) is 15.0 Å². The van der Waals surface area contributed by atoms with Crippen molar-refractivity contribution < 1.29 is 4.74 Å². The van der Waals surface area contributed by atoms with Crippen molar-refractivity contribution in [3.05, 3.63) is 5.28 Å². The van der Waals surface area contributed by atoms with Crippen LogP contribution < -0.4 is 10.2 Å². The first-order valence-corrected chi connectivity index (χ1v) is 8.05. The Bertz CT molecular complexity index is 509. The van der Waals surface area contributed by atoms with Crippen LogP contribution in [-0.2, 0) is 4.74 Å². The fourth-order valence-electron chi connectivity index (χ4n) is 2.97. The Labute approximate surface area is 137 Å². The maximum absolute atomic E-state index is 6.07. The number of hydrogen-bond acceptors (Lipinski definition) is 6. The van der Waals surface area contributed by atoms with E-state index in [0.29, 0.717) is 25.1 Å². The Morgan fingerprint density at radius 2 is 1.73 bits per heavy atom. The SMILES string of the molecule is CC(C)(C)CC(C)(C)Nc1nc(Cl)nc(N2CCOCC2)n1. The number of hydrogen-bond donors (Lipinski definition) is 1. The highest BCUT2D eigenvalue weighted by molar-refractivity contribution is 6.28. The maximum atomic E-state index is 6.07. The molecule has 0 aliphatic carbocycles. The molecule has 22 heavy (non-hydrogen) atoms. The first-order chi connectivity index (χ1) is 10.1. The molecular weight excluding hydrogens is 302 g/mol. The first kappa shape index (κ1) is 17.2. The third kappa shape index (κ3) is 5.25. The van der Waals surface area contributed by atoms with Gasteiger partial charge in [-0.1, -0.05) is 20.8 Å². The number of nitrogens with zero attached hydrogens (tertiary/aromatic N) is 4. The van der Waals surface area contributed by atoms with E-state index < -0.39 is 0 Å². The van der Waals surface area contributed by atoms with Crippen molar-refractivity contribution >= 4 is 23.5 Å². The second-order valence-electron chi connectivity index (χ2n) is 7.57. The van der Waals surface area contributed by atoms with E-state index in [0.717, 1.165) is 19.5 Å². The molecule has 0 amide bonds. The molecule has 2 rings (SSSR count). The molecule has 2 heterocycles. The number of nitrogens with one attached hydrogen (secondary N) is 1. The summed E-state index contributed by atoms with van der Waals surface area (Å²) in [7, 11) is 0. The minimum Gasteiger partial charge on any atom is -0.378 e. The molecule has 0 radical (unpaired) electrons. The minimum absolute atomic E-state index is 0.134. The number of rotatable bonds is 4. The van der Waals surface area contributed by atoms with Gasteiger partial charge in [0.05, 0.1) is 13.2 Å². The van der Waals surface area contributed by atoms with Gasteiger partial charge in [0.2, 0.25) is 17.2 Å². The third-order valence-corrected chi connectivity index (χ3v) is 3.48. The largest absolute Gasteiger partial charge is 0.378 e. The van der Waals surface area contributed by atoms with Crippen LogP contribution in [0, 0.1) is 5.41 Å². The lowest BCUT2D eigenvalue weighted by molar-refractivity contribution is 0.122. The average Bonchev–Trinajstić information content (AvgIpc) is 2.35. The molecule has 0 unspecified atom stereocenters. The molecule has 1 fully saturated rings. The van der Waals surface area contributed by atoms with Crippen LogP contribution in [0.3, 0.4) is 0 Å². The summed E-state index contributed by atoms with van der Waals surface area (Å²) in [6.45, 7) is 13.8. The molecular formula is C15H26ClN5O. The Morgan fingerprint density at radius 3 is 2.32 bits per heavy atom. The minimum atomic E-state index is -0.134. The van der Waals surface area contributed by atoms with Gasteiger partial charge in [-0.15, -0.1) is 0 Å². The van der Waals surface area contributed by atoms with Crippen LogP contribution in [0.25, 0.3) is 0 Å². The average molecular weight is 328 g/mol. The van der Waals surface area contributed by atoms with Gasteiger partial charge in [-0.3, -0.25) is 0 Å². The van der Waals surface area contributed by atoms with Crippen LogP contribution in [0.15, 0.2) is 0 Å². The van der Waals surface area contributed by atoms with Gasteiger partial charge in [0.15, 0.2) is 0 Å². The molecule has 1 aliphatic heterocycles. The summed E-state index contributed by atoms with van der Waals surface area (Å²) in [5.74, 6) is 1.13. The molecule has 0 bridgehead atoms. The number of anilines is 2. The molecule has 0 atom stereocenters. The van der Waals surface area contributed by atoms with Crippen molar-refractivity contribution in [1.29, 1.82) is 0 Å². The van der Waals surface area contributed by atoms with E-state index in [9.17, 15) is 0 Å². The standard InChI is InChI=1S/C15H26ClN5O/c1-14(2,3)10-15(4,5)20-12-17-11(16)18-13(19-12)21-6-8-22-9-7-21/h6-10H2,1-5H3,(H,17,18,19,20). The van der Waals surface area contributed by atoms with Gasteiger partial charge in [0.1, 0.15) is 0 Å². The number of aromatic nitrogens is 3. The second-order valence-corrected chi connectivity index (χ2v) is 7.91. The molecule has 6 nitrogen and oxygen atoms in total. The highest BCUT2D eigenvalue weighted by Gasteiger charge is 2.27. The van der Waals surface area contributed by atoms with E-state index >= 15 is 0 Å². The fraction of sp³-hybridized carbons (Fsp3) is 0.800. The van der Waals surface area contributed by atoms with E-state index in [-0.39, 0.29) is 16.2 Å². The van der Waals surface area contributed by atoms with Crippen molar-refractivity contribution in [3.63, 3.8) is 0 Å². The summed E-state index contributed by atoms with van der Waals surface area (Å²) in [6.07, 6.45) is 0.982. The predicted octanol–water partition coefficient (Wildman–Crippen LogP) is 2.99. The highest BCUT2D eigenvalue weighted by atomic mass is 35.5. The van der Waals surface area contributed by atoms with Crippen LogP contribution in [0.2, 0.25) is 5.28 Å². The van der Waals surface area contributed by atoms with Gasteiger partial charge >= 0.3 is 0 Å². The molecule has 0 spiro atoms. The molecule has 124 valence electrons. The normalized spacial score (nSPS) is 16.7. The van der Waals surface area contributed by atoms with E-state index in [1.807, 2.05) is 0 Å². The summed E-state index contributed by atoms with van der Waals surface area (Å²) in [5, 5.41) is 3.60. The maximum Gasteiger partial charge on any atom is 0.231 e. The zero-order valence-electron chi connectivity index (χ0n) is 14.1. The van der Waals surface area contributed by atoms with Crippen LogP contribution >= 0.6 is 11.6 Å². The van der Waals surface area contributed by atoms with Gasteiger partial charge in [0, 0.05) is 18.6 Å². The smallest absolute Gasteiger partial charge is 0.231 e. The molecule has 0 saturated carbocycles. The van der Waals surface area contributed by atoms with Gasteiger partial charge < -0.3 is 15.0 Å². The van der Waals surface area contributed by atoms with Crippen LogP contribution in [0.1, 0.15) is 41.0 Å². The summed E-state index contributed by atoms with van der Waals surface area (Å²) in [6, 6.07) is 0. The molecule has 1 N–H and O–H groups in total. The van der Waals surface area contributed by atoms with Crippen molar-refractivity contribution in [1.82, 2.24) is 15.0 Å². The number of ether oxygens (including phenoxy) is 1. The lowest BCUT2D eigenvalue weighted by atomic mass is 9.82. The third-order valence-electron chi connectivity index (χ3n) is 3.31. The van der Waals surface area contributed by atoms with Crippen LogP contribution in [-0.4, -0.2) is 46.8 Å². The van der Waals surface area contributed by atoms with Gasteiger partial charge in [-0.05, 0) is 37.3 Å². The van der Waals surface area contributed by atoms with E-state index in [1.54, 1.807) is 0 Å². The fourth-order valence-corrected chi connectivity index (χ4v) is 3.13. The molecule has 0 aromatic carbocycles. The summed E-state index contributed by atoms with van der Waals surface area (Å²) in [5.41, 5.74) is 0.0750.